The molecule has 2 heterocycles. The van der Waals surface area contributed by atoms with Gasteiger partial charge in [-0.25, -0.2) is 13.4 Å². The molecular formula is C12H13N3O4S2. The van der Waals surface area contributed by atoms with Gasteiger partial charge in [0.2, 0.25) is 5.91 Å². The van der Waals surface area contributed by atoms with Crippen LogP contribution in [0.4, 0.5) is 5.69 Å². The largest absolute Gasteiger partial charge is 0.323 e. The quantitative estimate of drug-likeness (QED) is 0.889. The first-order valence-electron chi connectivity index (χ1n) is 5.88. The molecule has 9 heteroatoms. The molecule has 2 aromatic heterocycles. The molecule has 112 valence electrons. The molecule has 2 aromatic rings. The Kier molecular flexibility index (Phi) is 4.24. The average molecular weight is 327 g/mol. The van der Waals surface area contributed by atoms with Gasteiger partial charge in [-0.05, 0) is 19.1 Å². The normalized spacial score (nSPS) is 11.3. The zero-order valence-corrected chi connectivity index (χ0v) is 13.0. The summed E-state index contributed by atoms with van der Waals surface area (Å²) >= 11 is 1.03. The standard InChI is InChI=1S/C12H13N3O4S2/c1-8-7-20-12(17)15(8)6-10(16)14-9-3-4-11(13-5-9)21(2,18)19/h3-5,7H,6H2,1-2H3,(H,14,16). The van der Waals surface area contributed by atoms with E-state index in [-0.39, 0.29) is 22.4 Å². The van der Waals surface area contributed by atoms with Gasteiger partial charge in [-0.15, -0.1) is 0 Å². The minimum Gasteiger partial charge on any atom is -0.323 e. The smallest absolute Gasteiger partial charge is 0.307 e. The summed E-state index contributed by atoms with van der Waals surface area (Å²) in [6.07, 6.45) is 2.32. The Bertz CT molecular complexity index is 819. The number of pyridine rings is 1. The van der Waals surface area contributed by atoms with Crippen LogP contribution in [0.5, 0.6) is 0 Å². The van der Waals surface area contributed by atoms with Crippen LogP contribution in [-0.4, -0.2) is 30.1 Å². The maximum atomic E-state index is 11.9. The fourth-order valence-corrected chi connectivity index (χ4v) is 2.91. The molecule has 0 aliphatic carbocycles. The summed E-state index contributed by atoms with van der Waals surface area (Å²) in [5, 5.41) is 4.18. The second kappa shape index (κ2) is 5.78. The fourth-order valence-electron chi connectivity index (χ4n) is 1.61. The van der Waals surface area contributed by atoms with E-state index in [1.165, 1.54) is 22.9 Å². The number of amides is 1. The second-order valence-electron chi connectivity index (χ2n) is 4.43. The van der Waals surface area contributed by atoms with Crippen LogP contribution < -0.4 is 10.2 Å². The highest BCUT2D eigenvalue weighted by Crippen LogP contribution is 2.10. The third kappa shape index (κ3) is 3.76. The third-order valence-corrected chi connectivity index (χ3v) is 4.56. The van der Waals surface area contributed by atoms with E-state index in [4.69, 9.17) is 0 Å². The van der Waals surface area contributed by atoms with Crippen LogP contribution in [0.15, 0.2) is 33.5 Å². The zero-order chi connectivity index (χ0) is 15.6. The summed E-state index contributed by atoms with van der Waals surface area (Å²) in [7, 11) is -3.37. The monoisotopic (exact) mass is 327 g/mol. The second-order valence-corrected chi connectivity index (χ2v) is 7.22. The average Bonchev–Trinajstić information content (AvgIpc) is 2.70. The topological polar surface area (TPSA) is 98.1 Å². The molecule has 7 nitrogen and oxygen atoms in total. The molecule has 1 amide bonds. The van der Waals surface area contributed by atoms with Gasteiger partial charge in [0, 0.05) is 17.3 Å². The van der Waals surface area contributed by atoms with Crippen molar-refractivity contribution in [3.05, 3.63) is 39.1 Å². The molecule has 0 aliphatic heterocycles. The SMILES string of the molecule is Cc1csc(=O)n1CC(=O)Nc1ccc(S(C)(=O)=O)nc1. The molecule has 0 aliphatic rings. The first-order valence-corrected chi connectivity index (χ1v) is 8.65. The lowest BCUT2D eigenvalue weighted by Gasteiger charge is -2.07. The Hall–Kier alpha value is -2.00. The van der Waals surface area contributed by atoms with Crippen molar-refractivity contribution in [2.45, 2.75) is 18.5 Å². The number of carbonyl (C=O) groups is 1. The predicted octanol–water partition coefficient (Wildman–Crippen LogP) is 0.655. The Morgan fingerprint density at radius 2 is 2.14 bits per heavy atom. The van der Waals surface area contributed by atoms with Crippen molar-refractivity contribution >= 4 is 32.8 Å². The maximum absolute atomic E-state index is 11.9. The summed E-state index contributed by atoms with van der Waals surface area (Å²) < 4.78 is 23.9. The number of aryl methyl sites for hydroxylation is 1. The highest BCUT2D eigenvalue weighted by molar-refractivity contribution is 7.90. The predicted molar refractivity (Wildman–Crippen MR) is 79.3 cm³/mol. The van der Waals surface area contributed by atoms with Crippen molar-refractivity contribution in [1.29, 1.82) is 0 Å². The first kappa shape index (κ1) is 15.4. The van der Waals surface area contributed by atoms with Crippen LogP contribution in [0.3, 0.4) is 0 Å². The molecule has 0 unspecified atom stereocenters. The van der Waals surface area contributed by atoms with Crippen molar-refractivity contribution in [3.8, 4) is 0 Å². The van der Waals surface area contributed by atoms with Gasteiger partial charge in [-0.1, -0.05) is 11.3 Å². The minimum atomic E-state index is -3.37. The molecule has 0 saturated heterocycles. The van der Waals surface area contributed by atoms with Gasteiger partial charge < -0.3 is 5.32 Å². The summed E-state index contributed by atoms with van der Waals surface area (Å²) in [4.78, 5) is 26.9. The maximum Gasteiger partial charge on any atom is 0.307 e. The van der Waals surface area contributed by atoms with E-state index in [1.807, 2.05) is 0 Å². The van der Waals surface area contributed by atoms with Gasteiger partial charge in [-0.3, -0.25) is 14.2 Å². The molecule has 0 bridgehead atoms. The minimum absolute atomic E-state index is 0.0644. The van der Waals surface area contributed by atoms with E-state index >= 15 is 0 Å². The Labute approximate surface area is 125 Å². The van der Waals surface area contributed by atoms with Crippen LogP contribution >= 0.6 is 11.3 Å². The van der Waals surface area contributed by atoms with Crippen LogP contribution in [0, 0.1) is 6.92 Å². The number of hydrogen-bond donors (Lipinski definition) is 1. The number of thiazole rings is 1. The number of anilines is 1. The fraction of sp³-hybridized carbons (Fsp3) is 0.250. The van der Waals surface area contributed by atoms with E-state index in [2.05, 4.69) is 10.3 Å². The molecule has 0 atom stereocenters. The van der Waals surface area contributed by atoms with E-state index in [0.29, 0.717) is 11.4 Å². The van der Waals surface area contributed by atoms with Crippen LogP contribution in [0.1, 0.15) is 5.69 Å². The van der Waals surface area contributed by atoms with Gasteiger partial charge in [0.25, 0.3) is 0 Å². The summed E-state index contributed by atoms with van der Waals surface area (Å²) in [6.45, 7) is 1.65. The van der Waals surface area contributed by atoms with Crippen molar-refractivity contribution < 1.29 is 13.2 Å². The number of rotatable bonds is 4. The number of carbonyl (C=O) groups excluding carboxylic acids is 1. The number of hydrogen-bond acceptors (Lipinski definition) is 6. The van der Waals surface area contributed by atoms with Crippen molar-refractivity contribution in [2.24, 2.45) is 0 Å². The number of nitrogens with one attached hydrogen (secondary N) is 1. The lowest BCUT2D eigenvalue weighted by atomic mass is 10.4. The van der Waals surface area contributed by atoms with Gasteiger partial charge >= 0.3 is 4.87 Å². The highest BCUT2D eigenvalue weighted by atomic mass is 32.2. The van der Waals surface area contributed by atoms with Crippen molar-refractivity contribution in [3.63, 3.8) is 0 Å². The molecule has 0 saturated carbocycles. The van der Waals surface area contributed by atoms with E-state index < -0.39 is 9.84 Å². The lowest BCUT2D eigenvalue weighted by Crippen LogP contribution is -2.25. The number of sulfone groups is 1. The zero-order valence-electron chi connectivity index (χ0n) is 11.4. The van der Waals surface area contributed by atoms with E-state index in [1.54, 1.807) is 12.3 Å². The molecule has 2 rings (SSSR count). The lowest BCUT2D eigenvalue weighted by molar-refractivity contribution is -0.116. The first-order chi connectivity index (χ1) is 9.77. The highest BCUT2D eigenvalue weighted by Gasteiger charge is 2.11. The molecule has 0 fully saturated rings. The summed E-state index contributed by atoms with van der Waals surface area (Å²) in [6, 6.07) is 2.76. The number of nitrogens with zero attached hydrogens (tertiary/aromatic N) is 2. The molecule has 0 aromatic carbocycles. The van der Waals surface area contributed by atoms with Gasteiger partial charge in [-0.2, -0.15) is 0 Å². The third-order valence-electron chi connectivity index (χ3n) is 2.68. The van der Waals surface area contributed by atoms with Crippen LogP contribution in [0.25, 0.3) is 0 Å². The van der Waals surface area contributed by atoms with Gasteiger partial charge in [0.1, 0.15) is 6.54 Å². The molecule has 1 N–H and O–H groups in total. The molecule has 0 spiro atoms. The molecule has 0 radical (unpaired) electrons. The summed E-state index contributed by atoms with van der Waals surface area (Å²) in [5.74, 6) is -0.382. The molecular weight excluding hydrogens is 314 g/mol. The summed E-state index contributed by atoms with van der Waals surface area (Å²) in [5.41, 5.74) is 1.08. The van der Waals surface area contributed by atoms with Crippen molar-refractivity contribution in [2.75, 3.05) is 11.6 Å². The van der Waals surface area contributed by atoms with Crippen LogP contribution in [-0.2, 0) is 21.2 Å². The van der Waals surface area contributed by atoms with Gasteiger partial charge in [0.15, 0.2) is 14.9 Å². The Morgan fingerprint density at radius 1 is 1.43 bits per heavy atom. The Balaban J connectivity index is 2.08. The number of aromatic nitrogens is 2. The molecule has 21 heavy (non-hydrogen) atoms. The van der Waals surface area contributed by atoms with Crippen LogP contribution in [0.2, 0.25) is 0 Å². The van der Waals surface area contributed by atoms with Gasteiger partial charge in [0.05, 0.1) is 11.9 Å². The van der Waals surface area contributed by atoms with E-state index in [0.717, 1.165) is 17.6 Å². The van der Waals surface area contributed by atoms with E-state index in [9.17, 15) is 18.0 Å². The Morgan fingerprint density at radius 3 is 2.62 bits per heavy atom. The van der Waals surface area contributed by atoms with Crippen molar-refractivity contribution in [1.82, 2.24) is 9.55 Å².